The van der Waals surface area contributed by atoms with E-state index in [1.807, 2.05) is 12.1 Å². The van der Waals surface area contributed by atoms with Crippen molar-refractivity contribution in [3.05, 3.63) is 57.4 Å². The van der Waals surface area contributed by atoms with Crippen LogP contribution in [0.2, 0.25) is 16.4 Å². The molecule has 0 radical (unpaired) electrons. The Labute approximate surface area is 133 Å². The molecular formula is C15H10BCl2NO2. The largest absolute Gasteiger partial charge is 0.457 e. The lowest BCUT2D eigenvalue weighted by molar-refractivity contribution is 0.482. The van der Waals surface area contributed by atoms with Crippen molar-refractivity contribution in [3.63, 3.8) is 0 Å². The lowest BCUT2D eigenvalue weighted by Gasteiger charge is -2.10. The first-order chi connectivity index (χ1) is 10.1. The Bertz CT molecular complexity index is 735. The quantitative estimate of drug-likeness (QED) is 0.669. The molecule has 0 saturated heterocycles. The molecule has 0 aromatic heterocycles. The van der Waals surface area contributed by atoms with Crippen LogP contribution in [0.4, 0.5) is 5.69 Å². The van der Waals surface area contributed by atoms with Crippen LogP contribution in [0.25, 0.3) is 4.85 Å². The van der Waals surface area contributed by atoms with Gasteiger partial charge < -0.3 is 9.76 Å². The average Bonchev–Trinajstić information content (AvgIpc) is 2.80. The van der Waals surface area contributed by atoms with Gasteiger partial charge in [0.05, 0.1) is 16.6 Å². The minimum atomic E-state index is -0.379. The van der Waals surface area contributed by atoms with Crippen molar-refractivity contribution in [2.24, 2.45) is 0 Å². The van der Waals surface area contributed by atoms with E-state index < -0.39 is 0 Å². The van der Waals surface area contributed by atoms with E-state index in [1.54, 1.807) is 18.2 Å². The second-order valence-corrected chi connectivity index (χ2v) is 5.68. The number of aryl methyl sites for hydroxylation is 1. The van der Waals surface area contributed by atoms with Gasteiger partial charge in [-0.3, -0.25) is 0 Å². The van der Waals surface area contributed by atoms with Gasteiger partial charge in [0, 0.05) is 0 Å². The van der Waals surface area contributed by atoms with Crippen molar-refractivity contribution >= 4 is 41.3 Å². The fourth-order valence-corrected chi connectivity index (χ4v) is 3.03. The molecule has 1 heterocycles. The number of benzene rings is 2. The van der Waals surface area contributed by atoms with Gasteiger partial charge in [0.2, 0.25) is 5.69 Å². The van der Waals surface area contributed by atoms with Gasteiger partial charge in [0.15, 0.2) is 0 Å². The van der Waals surface area contributed by atoms with Crippen molar-refractivity contribution in [1.29, 1.82) is 0 Å². The van der Waals surface area contributed by atoms with Crippen LogP contribution in [0, 0.1) is 6.57 Å². The topological polar surface area (TPSA) is 33.8 Å². The first-order valence-corrected chi connectivity index (χ1v) is 7.19. The zero-order valence-corrected chi connectivity index (χ0v) is 12.4. The Hall–Kier alpha value is -1.67. The minimum Gasteiger partial charge on any atom is -0.457 e. The summed E-state index contributed by atoms with van der Waals surface area (Å²) in [7, 11) is 0. The Morgan fingerprint density at radius 2 is 1.86 bits per heavy atom. The maximum atomic E-state index is 9.79. The number of rotatable bonds is 2. The van der Waals surface area contributed by atoms with Crippen molar-refractivity contribution in [2.75, 3.05) is 0 Å². The first kappa shape index (κ1) is 14.3. The van der Waals surface area contributed by atoms with Crippen molar-refractivity contribution in [2.45, 2.75) is 12.7 Å². The molecule has 2 aromatic rings. The van der Waals surface area contributed by atoms with E-state index in [0.29, 0.717) is 11.5 Å². The van der Waals surface area contributed by atoms with Crippen LogP contribution >= 0.6 is 23.2 Å². The summed E-state index contributed by atoms with van der Waals surface area (Å²) in [6, 6.07) is 8.74. The highest BCUT2D eigenvalue weighted by atomic mass is 35.5. The predicted octanol–water partition coefficient (Wildman–Crippen LogP) is 4.08. The molecule has 1 aliphatic heterocycles. The molecule has 0 fully saturated rings. The Morgan fingerprint density at radius 3 is 2.52 bits per heavy atom. The summed E-state index contributed by atoms with van der Waals surface area (Å²) >= 11 is 12.0. The molecule has 1 N–H and O–H groups in total. The normalized spacial score (nSPS) is 13.0. The highest BCUT2D eigenvalue weighted by Crippen LogP contribution is 2.38. The van der Waals surface area contributed by atoms with Crippen molar-refractivity contribution in [1.82, 2.24) is 0 Å². The maximum absolute atomic E-state index is 9.79. The maximum Gasteiger partial charge on any atom is 0.324 e. The van der Waals surface area contributed by atoms with Crippen LogP contribution in [0.1, 0.15) is 5.56 Å². The molecule has 6 heteroatoms. The van der Waals surface area contributed by atoms with Gasteiger partial charge in [-0.25, -0.2) is 4.85 Å². The number of ether oxygens (including phenoxy) is 1. The number of hydrogen-bond acceptors (Lipinski definition) is 2. The minimum absolute atomic E-state index is 0.225. The summed E-state index contributed by atoms with van der Waals surface area (Å²) in [5.74, 6) is 1.14. The van der Waals surface area contributed by atoms with E-state index in [0.717, 1.165) is 23.8 Å². The standard InChI is InChI=1S/C15H10BCl2NO2/c1-19-15-13(17)7-11(8-14(15)18)21-10-2-3-12-9(6-10)4-5-16(12)20/h2-3,6-8,20H,4-5H2. The number of hydrogen-bond donors (Lipinski definition) is 1. The molecule has 3 rings (SSSR count). The molecule has 0 atom stereocenters. The summed E-state index contributed by atoms with van der Waals surface area (Å²) in [4.78, 5) is 3.28. The van der Waals surface area contributed by atoms with Gasteiger partial charge in [-0.15, -0.1) is 0 Å². The van der Waals surface area contributed by atoms with Crippen LogP contribution < -0.4 is 10.2 Å². The second-order valence-electron chi connectivity index (χ2n) is 4.86. The average molecular weight is 318 g/mol. The molecule has 0 aliphatic carbocycles. The fourth-order valence-electron chi connectivity index (χ4n) is 2.48. The molecule has 104 valence electrons. The van der Waals surface area contributed by atoms with Gasteiger partial charge >= 0.3 is 6.92 Å². The summed E-state index contributed by atoms with van der Waals surface area (Å²) in [6.45, 7) is 6.63. The van der Waals surface area contributed by atoms with Crippen LogP contribution in [0.5, 0.6) is 11.5 Å². The molecule has 0 spiro atoms. The van der Waals surface area contributed by atoms with Crippen LogP contribution in [0.15, 0.2) is 30.3 Å². The van der Waals surface area contributed by atoms with Crippen LogP contribution in [-0.4, -0.2) is 11.9 Å². The lowest BCUT2D eigenvalue weighted by atomic mass is 9.63. The summed E-state index contributed by atoms with van der Waals surface area (Å²) < 4.78 is 5.75. The van der Waals surface area contributed by atoms with Gasteiger partial charge in [0.1, 0.15) is 11.5 Å². The summed E-state index contributed by atoms with van der Waals surface area (Å²) in [5, 5.41) is 10.3. The molecular weight excluding hydrogens is 308 g/mol. The highest BCUT2D eigenvalue weighted by Gasteiger charge is 2.24. The van der Waals surface area contributed by atoms with E-state index >= 15 is 0 Å². The van der Waals surface area contributed by atoms with Crippen molar-refractivity contribution < 1.29 is 9.76 Å². The molecule has 1 aliphatic rings. The van der Waals surface area contributed by atoms with Crippen LogP contribution in [0.3, 0.4) is 0 Å². The third kappa shape index (κ3) is 2.73. The molecule has 0 bridgehead atoms. The monoisotopic (exact) mass is 317 g/mol. The molecule has 0 amide bonds. The number of fused-ring (bicyclic) bond motifs is 1. The Morgan fingerprint density at radius 1 is 1.14 bits per heavy atom. The Kier molecular flexibility index (Phi) is 3.82. The molecule has 21 heavy (non-hydrogen) atoms. The van der Waals surface area contributed by atoms with E-state index in [4.69, 9.17) is 34.5 Å². The fraction of sp³-hybridized carbons (Fsp3) is 0.133. The Balaban J connectivity index is 1.90. The summed E-state index contributed by atoms with van der Waals surface area (Å²) in [6.07, 6.45) is 1.59. The van der Waals surface area contributed by atoms with Gasteiger partial charge in [-0.2, -0.15) is 0 Å². The lowest BCUT2D eigenvalue weighted by Crippen LogP contribution is -2.25. The van der Waals surface area contributed by atoms with Crippen molar-refractivity contribution in [3.8, 4) is 11.5 Å². The second kappa shape index (κ2) is 5.61. The molecule has 2 aromatic carbocycles. The molecule has 0 saturated carbocycles. The SMILES string of the molecule is [C-]#[N+]c1c(Cl)cc(Oc2ccc3c(c2)CCB3O)cc1Cl. The molecule has 0 unspecified atom stereocenters. The number of nitrogens with zero attached hydrogens (tertiary/aromatic N) is 1. The zero-order chi connectivity index (χ0) is 15.0. The predicted molar refractivity (Wildman–Crippen MR) is 85.4 cm³/mol. The zero-order valence-electron chi connectivity index (χ0n) is 10.9. The van der Waals surface area contributed by atoms with E-state index in [1.165, 1.54) is 0 Å². The van der Waals surface area contributed by atoms with Gasteiger partial charge in [-0.1, -0.05) is 29.3 Å². The van der Waals surface area contributed by atoms with Gasteiger partial charge in [0.25, 0.3) is 0 Å². The first-order valence-electron chi connectivity index (χ1n) is 6.43. The third-order valence-corrected chi connectivity index (χ3v) is 4.07. The highest BCUT2D eigenvalue weighted by molar-refractivity contribution is 6.68. The van der Waals surface area contributed by atoms with Crippen LogP contribution in [-0.2, 0) is 6.42 Å². The summed E-state index contributed by atoms with van der Waals surface area (Å²) in [5.41, 5.74) is 2.28. The van der Waals surface area contributed by atoms with E-state index in [2.05, 4.69) is 4.85 Å². The smallest absolute Gasteiger partial charge is 0.324 e. The van der Waals surface area contributed by atoms with E-state index in [-0.39, 0.29) is 22.6 Å². The number of halogens is 2. The third-order valence-electron chi connectivity index (χ3n) is 3.50. The van der Waals surface area contributed by atoms with Gasteiger partial charge in [-0.05, 0) is 48.0 Å². The molecule has 3 nitrogen and oxygen atoms in total. The van der Waals surface area contributed by atoms with E-state index in [9.17, 15) is 5.02 Å².